The maximum atomic E-state index is 5.42. The number of aromatic amines is 4. The van der Waals surface area contributed by atoms with Crippen molar-refractivity contribution in [2.45, 2.75) is 0 Å². The second-order valence-electron chi connectivity index (χ2n) is 17.9. The minimum Gasteiger partial charge on any atom is -0.355 e. The van der Waals surface area contributed by atoms with Gasteiger partial charge in [0.15, 0.2) is 0 Å². The van der Waals surface area contributed by atoms with Crippen LogP contribution in [0.25, 0.3) is 126 Å². The Hall–Kier alpha value is -9.92. The van der Waals surface area contributed by atoms with Gasteiger partial charge in [-0.3, -0.25) is 0 Å². The van der Waals surface area contributed by atoms with E-state index in [1.54, 1.807) is 0 Å². The van der Waals surface area contributed by atoms with Crippen LogP contribution < -0.4 is 0 Å². The molecule has 340 valence electrons. The van der Waals surface area contributed by atoms with Gasteiger partial charge in [0.25, 0.3) is 0 Å². The summed E-state index contributed by atoms with van der Waals surface area (Å²) in [6.45, 7) is 0. The van der Waals surface area contributed by atoms with Crippen molar-refractivity contribution >= 4 is 92.2 Å². The van der Waals surface area contributed by atoms with Gasteiger partial charge in [0, 0.05) is 60.9 Å². The average molecular weight is 925 g/mol. The SMILES string of the molecule is C1=Cc2cc3[nH]c(c(-c4ccccc4)c4nc(cc5ccc(cc1n2)[nH]5)C=C4c1ccccc1)c(-c1ccccc1)c3-c1ccccc1.C1=Cc2cc3ccc(cc4ccc(cc5nc(cc1n2)C=C5)[nH]4)[nH]3. The predicted octanol–water partition coefficient (Wildman–Crippen LogP) is 15.7. The molecule has 16 bridgehead atoms. The zero-order chi connectivity index (χ0) is 47.8. The van der Waals surface area contributed by atoms with Crippen LogP contribution in [0.4, 0.5) is 0 Å². The minimum atomic E-state index is 0.884. The Morgan fingerprint density at radius 1 is 0.264 bits per heavy atom. The number of hydrogen-bond acceptors (Lipinski definition) is 4. The van der Waals surface area contributed by atoms with Crippen LogP contribution in [0, 0.1) is 0 Å². The molecule has 4 aromatic carbocycles. The molecule has 6 aromatic heterocycles. The van der Waals surface area contributed by atoms with E-state index in [0.717, 1.165) is 134 Å². The van der Waals surface area contributed by atoms with Gasteiger partial charge in [-0.25, -0.2) is 19.9 Å². The van der Waals surface area contributed by atoms with Crippen LogP contribution in [-0.2, 0) is 0 Å². The third-order valence-electron chi connectivity index (χ3n) is 12.9. The van der Waals surface area contributed by atoms with Crippen LogP contribution in [0.2, 0.25) is 0 Å². The molecule has 10 heterocycles. The molecular weight excluding hydrogens is 881 g/mol. The number of nitrogens with one attached hydrogen (secondary N) is 4. The predicted molar refractivity (Wildman–Crippen MR) is 299 cm³/mol. The lowest BCUT2D eigenvalue weighted by atomic mass is 9.91. The quantitative estimate of drug-likeness (QED) is 0.141. The van der Waals surface area contributed by atoms with Crippen molar-refractivity contribution in [1.29, 1.82) is 0 Å². The Morgan fingerprint density at radius 2 is 0.625 bits per heavy atom. The summed E-state index contributed by atoms with van der Waals surface area (Å²) in [4.78, 5) is 34.0. The van der Waals surface area contributed by atoms with E-state index in [-0.39, 0.29) is 0 Å². The molecule has 10 aromatic rings. The lowest BCUT2D eigenvalue weighted by Gasteiger charge is -2.12. The monoisotopic (exact) mass is 924 g/mol. The number of hydrogen-bond donors (Lipinski definition) is 4. The molecule has 0 saturated carbocycles. The van der Waals surface area contributed by atoms with Gasteiger partial charge in [-0.1, -0.05) is 121 Å². The highest BCUT2D eigenvalue weighted by Crippen LogP contribution is 2.45. The molecule has 4 aliphatic rings. The summed E-state index contributed by atoms with van der Waals surface area (Å²) in [7, 11) is 0. The first-order valence-corrected chi connectivity index (χ1v) is 24.0. The Morgan fingerprint density at radius 3 is 1.08 bits per heavy atom. The van der Waals surface area contributed by atoms with Crippen molar-refractivity contribution in [3.8, 4) is 33.4 Å². The van der Waals surface area contributed by atoms with Crippen LogP contribution in [0.5, 0.6) is 0 Å². The molecule has 0 aliphatic carbocycles. The molecular formula is C64H44N8. The molecule has 0 atom stereocenters. The van der Waals surface area contributed by atoms with Gasteiger partial charge in [0.1, 0.15) is 0 Å². The van der Waals surface area contributed by atoms with Gasteiger partial charge in [0.2, 0.25) is 0 Å². The van der Waals surface area contributed by atoms with Gasteiger partial charge in [-0.2, -0.15) is 0 Å². The normalized spacial score (nSPS) is 12.4. The zero-order valence-corrected chi connectivity index (χ0v) is 38.9. The fourth-order valence-electron chi connectivity index (χ4n) is 9.72. The van der Waals surface area contributed by atoms with Crippen molar-refractivity contribution in [3.05, 3.63) is 251 Å². The van der Waals surface area contributed by atoms with Gasteiger partial charge in [-0.05, 0) is 144 Å². The standard InChI is InChI=1S/C44H30N4.C20H14N4/c1-5-13-29(14-6-1)38-27-37-26-35-22-21-33(45-35)25-34-23-24-36(46-34)28-39-40(30-15-7-2-8-16-30)41(31-17-9-3-10-18-31)44(48-39)42(43(38)47-37)32-19-11-4-12-20-32;1-2-14-10-16-5-6-18(23-16)12-20-8-7-19(24-20)11-17-4-3-15(22-17)9-13(1)21-14/h1-28,45,48H;1-12,21-22H. The van der Waals surface area contributed by atoms with Crippen LogP contribution in [0.3, 0.4) is 0 Å². The molecule has 0 saturated heterocycles. The van der Waals surface area contributed by atoms with E-state index in [1.807, 2.05) is 42.5 Å². The Balaban J connectivity index is 0.000000175. The van der Waals surface area contributed by atoms with Crippen molar-refractivity contribution in [2.75, 3.05) is 0 Å². The number of fused-ring (bicyclic) bond motifs is 16. The third-order valence-corrected chi connectivity index (χ3v) is 12.9. The molecule has 0 fully saturated rings. The van der Waals surface area contributed by atoms with E-state index in [2.05, 4.69) is 230 Å². The van der Waals surface area contributed by atoms with Gasteiger partial charge >= 0.3 is 0 Å². The molecule has 0 amide bonds. The average Bonchev–Trinajstić information content (AvgIpc) is 4.28. The molecule has 4 N–H and O–H groups in total. The second kappa shape index (κ2) is 18.2. The first-order chi connectivity index (χ1) is 35.6. The molecule has 0 unspecified atom stereocenters. The van der Waals surface area contributed by atoms with Gasteiger partial charge in [-0.15, -0.1) is 0 Å². The summed E-state index contributed by atoms with van der Waals surface area (Å²) in [6, 6.07) is 69.4. The number of rotatable bonds is 4. The topological polar surface area (TPSA) is 115 Å². The van der Waals surface area contributed by atoms with Crippen LogP contribution in [0.15, 0.2) is 200 Å². The van der Waals surface area contributed by atoms with E-state index in [0.29, 0.717) is 0 Å². The summed E-state index contributed by atoms with van der Waals surface area (Å²) in [5.74, 6) is 0. The Labute approximate surface area is 414 Å². The molecule has 0 radical (unpaired) electrons. The number of benzene rings is 4. The summed E-state index contributed by atoms with van der Waals surface area (Å²) < 4.78 is 0. The lowest BCUT2D eigenvalue weighted by Crippen LogP contribution is -1.92. The van der Waals surface area contributed by atoms with E-state index >= 15 is 0 Å². The number of H-pyrrole nitrogens is 4. The molecule has 0 spiro atoms. The van der Waals surface area contributed by atoms with Gasteiger partial charge < -0.3 is 19.9 Å². The van der Waals surface area contributed by atoms with E-state index in [1.165, 1.54) is 0 Å². The summed E-state index contributed by atoms with van der Waals surface area (Å²) in [6.07, 6.45) is 14.4. The first-order valence-electron chi connectivity index (χ1n) is 24.0. The van der Waals surface area contributed by atoms with Crippen LogP contribution in [0.1, 0.15) is 51.1 Å². The fourth-order valence-corrected chi connectivity index (χ4v) is 9.72. The third kappa shape index (κ3) is 8.61. The second-order valence-corrected chi connectivity index (χ2v) is 17.9. The van der Waals surface area contributed by atoms with Crippen molar-refractivity contribution in [1.82, 2.24) is 39.9 Å². The molecule has 8 nitrogen and oxygen atoms in total. The molecule has 14 rings (SSSR count). The van der Waals surface area contributed by atoms with Crippen molar-refractivity contribution in [2.24, 2.45) is 0 Å². The molecule has 4 aliphatic heterocycles. The van der Waals surface area contributed by atoms with Gasteiger partial charge in [0.05, 0.1) is 51.1 Å². The number of nitrogens with zero attached hydrogens (tertiary/aromatic N) is 4. The Bertz CT molecular complexity index is 4100. The summed E-state index contributed by atoms with van der Waals surface area (Å²) in [5, 5.41) is 0. The first kappa shape index (κ1) is 42.2. The Kier molecular flexibility index (Phi) is 10.7. The zero-order valence-electron chi connectivity index (χ0n) is 38.9. The van der Waals surface area contributed by atoms with Crippen LogP contribution >= 0.6 is 0 Å². The summed E-state index contributed by atoms with van der Waals surface area (Å²) in [5.41, 5.74) is 24.2. The fraction of sp³-hybridized carbons (Fsp3) is 0. The maximum absolute atomic E-state index is 5.42. The summed E-state index contributed by atoms with van der Waals surface area (Å²) >= 11 is 0. The minimum absolute atomic E-state index is 0.884. The smallest absolute Gasteiger partial charge is 0.0815 e. The van der Waals surface area contributed by atoms with Crippen LogP contribution in [-0.4, -0.2) is 39.9 Å². The molecule has 8 heteroatoms. The van der Waals surface area contributed by atoms with Crippen molar-refractivity contribution in [3.63, 3.8) is 0 Å². The van der Waals surface area contributed by atoms with Crippen molar-refractivity contribution < 1.29 is 0 Å². The largest absolute Gasteiger partial charge is 0.355 e. The molecule has 72 heavy (non-hydrogen) atoms. The lowest BCUT2D eigenvalue weighted by molar-refractivity contribution is 1.28. The number of aromatic nitrogens is 8. The highest BCUT2D eigenvalue weighted by molar-refractivity contribution is 6.11. The van der Waals surface area contributed by atoms with E-state index in [4.69, 9.17) is 9.97 Å². The highest BCUT2D eigenvalue weighted by Gasteiger charge is 2.24. The van der Waals surface area contributed by atoms with E-state index in [9.17, 15) is 0 Å². The van der Waals surface area contributed by atoms with E-state index < -0.39 is 0 Å². The maximum Gasteiger partial charge on any atom is 0.0815 e. The highest BCUT2D eigenvalue weighted by atomic mass is 14.8.